The van der Waals surface area contributed by atoms with Crippen LogP contribution in [0.1, 0.15) is 26.7 Å². The van der Waals surface area contributed by atoms with Crippen LogP contribution in [0.3, 0.4) is 0 Å². The van der Waals surface area contributed by atoms with E-state index in [4.69, 9.17) is 0 Å². The van der Waals surface area contributed by atoms with Crippen molar-refractivity contribution in [2.75, 3.05) is 6.61 Å². The molecule has 1 N–H and O–H groups in total. The number of rotatable bonds is 4. The van der Waals surface area contributed by atoms with Crippen LogP contribution in [0.5, 0.6) is 0 Å². The Morgan fingerprint density at radius 1 is 0.917 bits per heavy atom. The monoisotopic (exact) mass is 338 g/mol. The molecule has 0 heterocycles. The third-order valence-corrected chi connectivity index (χ3v) is 9.66. The fourth-order valence-corrected chi connectivity index (χ4v) is 8.37. The zero-order chi connectivity index (χ0) is 16.7. The highest BCUT2D eigenvalue weighted by Crippen LogP contribution is 2.66. The highest BCUT2D eigenvalue weighted by atomic mass is 31.1. The van der Waals surface area contributed by atoms with Crippen LogP contribution in [0.2, 0.25) is 0 Å². The maximum absolute atomic E-state index is 10.2. The number of aliphatic hydroxyl groups is 1. The second-order valence-corrected chi connectivity index (χ2v) is 10.5. The Bertz CT molecular complexity index is 642. The first kappa shape index (κ1) is 16.3. The van der Waals surface area contributed by atoms with Gasteiger partial charge in [-0.05, 0) is 60.2 Å². The molecule has 0 aliphatic heterocycles. The normalized spacial score (nSPS) is 30.8. The van der Waals surface area contributed by atoms with E-state index in [1.165, 1.54) is 23.5 Å². The van der Waals surface area contributed by atoms with Gasteiger partial charge in [0, 0.05) is 6.61 Å². The van der Waals surface area contributed by atoms with Gasteiger partial charge in [-0.1, -0.05) is 74.5 Å². The van der Waals surface area contributed by atoms with Crippen molar-refractivity contribution >= 4 is 18.5 Å². The summed E-state index contributed by atoms with van der Waals surface area (Å²) < 4.78 is 0. The minimum Gasteiger partial charge on any atom is -0.396 e. The zero-order valence-corrected chi connectivity index (χ0v) is 15.5. The molecule has 0 radical (unpaired) electrons. The number of fused-ring (bicyclic) bond motifs is 2. The van der Waals surface area contributed by atoms with Gasteiger partial charge in [0.05, 0.1) is 0 Å². The smallest absolute Gasteiger partial charge is 0.0468 e. The Balaban J connectivity index is 1.75. The zero-order valence-electron chi connectivity index (χ0n) is 14.6. The summed E-state index contributed by atoms with van der Waals surface area (Å²) in [5, 5.41) is 13.2. The van der Waals surface area contributed by atoms with Crippen LogP contribution in [-0.4, -0.2) is 17.4 Å². The van der Waals surface area contributed by atoms with Crippen molar-refractivity contribution in [1.29, 1.82) is 0 Å². The third kappa shape index (κ3) is 2.54. The molecule has 4 atom stereocenters. The van der Waals surface area contributed by atoms with Gasteiger partial charge in [0.1, 0.15) is 0 Å². The summed E-state index contributed by atoms with van der Waals surface area (Å²) >= 11 is 0. The number of benzene rings is 2. The largest absolute Gasteiger partial charge is 0.396 e. The number of hydrogen-bond donors (Lipinski definition) is 1. The van der Waals surface area contributed by atoms with E-state index < -0.39 is 7.92 Å². The number of aliphatic hydroxyl groups excluding tert-OH is 1. The third-order valence-electron chi connectivity index (χ3n) is 6.69. The van der Waals surface area contributed by atoms with E-state index >= 15 is 0 Å². The van der Waals surface area contributed by atoms with Gasteiger partial charge in [0.2, 0.25) is 0 Å². The molecule has 24 heavy (non-hydrogen) atoms. The molecule has 0 spiro atoms. The Morgan fingerprint density at radius 3 is 1.92 bits per heavy atom. The molecule has 3 fully saturated rings. The predicted molar refractivity (Wildman–Crippen MR) is 103 cm³/mol. The maximum atomic E-state index is 10.2. The van der Waals surface area contributed by atoms with Gasteiger partial charge in [-0.25, -0.2) is 0 Å². The molecule has 0 aromatic heterocycles. The van der Waals surface area contributed by atoms with E-state index in [1.54, 1.807) is 0 Å². The summed E-state index contributed by atoms with van der Waals surface area (Å²) in [4.78, 5) is 0. The molecule has 2 heteroatoms. The molecule has 3 saturated carbocycles. The van der Waals surface area contributed by atoms with E-state index in [0.29, 0.717) is 29.5 Å². The molecule has 0 unspecified atom stereocenters. The summed E-state index contributed by atoms with van der Waals surface area (Å²) in [5.74, 6) is 1.95. The Labute approximate surface area is 146 Å². The highest BCUT2D eigenvalue weighted by Gasteiger charge is 2.58. The van der Waals surface area contributed by atoms with Crippen molar-refractivity contribution in [3.8, 4) is 0 Å². The van der Waals surface area contributed by atoms with Gasteiger partial charge >= 0.3 is 0 Å². The van der Waals surface area contributed by atoms with Crippen LogP contribution in [0.4, 0.5) is 0 Å². The van der Waals surface area contributed by atoms with Crippen molar-refractivity contribution < 1.29 is 5.11 Å². The fraction of sp³-hybridized carbons (Fsp3) is 0.455. The lowest BCUT2D eigenvalue weighted by atomic mass is 9.45. The van der Waals surface area contributed by atoms with Gasteiger partial charge in [0.15, 0.2) is 0 Å². The summed E-state index contributed by atoms with van der Waals surface area (Å²) in [6.45, 7) is 5.17. The van der Waals surface area contributed by atoms with E-state index in [1.807, 2.05) is 0 Å². The first-order valence-electron chi connectivity index (χ1n) is 9.13. The van der Waals surface area contributed by atoms with Crippen molar-refractivity contribution in [1.82, 2.24) is 0 Å². The summed E-state index contributed by atoms with van der Waals surface area (Å²) in [6, 6.07) is 22.0. The summed E-state index contributed by atoms with van der Waals surface area (Å²) in [5.41, 5.74) is 1.02. The molecule has 3 aliphatic carbocycles. The molecule has 0 saturated heterocycles. The van der Waals surface area contributed by atoms with Gasteiger partial charge in [0.25, 0.3) is 0 Å². The van der Waals surface area contributed by atoms with Crippen LogP contribution in [0, 0.1) is 23.2 Å². The summed E-state index contributed by atoms with van der Waals surface area (Å²) in [6.07, 6.45) is 2.59. The Morgan fingerprint density at radius 2 is 1.46 bits per heavy atom. The van der Waals surface area contributed by atoms with Crippen LogP contribution in [0.15, 0.2) is 60.7 Å². The Hall–Kier alpha value is -1.17. The first-order valence-corrected chi connectivity index (χ1v) is 10.5. The lowest BCUT2D eigenvalue weighted by Crippen LogP contribution is -2.58. The van der Waals surface area contributed by atoms with E-state index in [9.17, 15) is 5.11 Å². The average molecular weight is 338 g/mol. The standard InChI is InChI=1S/C22H27OP/c1-22(2)16-13-20(22)19(15-23)21(14-16)24(17-9-5-3-6-10-17)18-11-7-4-8-12-18/h3-12,16,19-21,23H,13-15H2,1-2H3/t16-,19-,20+,21+/m1/s1. The minimum absolute atomic E-state index is 0.337. The SMILES string of the molecule is CC1(C)[C@H]2C[C@H](P(c3ccccc3)c3ccccc3)[C@H](CO)[C@@H]1C2. The molecule has 3 aliphatic rings. The molecule has 1 nitrogen and oxygen atoms in total. The highest BCUT2D eigenvalue weighted by molar-refractivity contribution is 7.73. The predicted octanol–water partition coefficient (Wildman–Crippen LogP) is 4.16. The van der Waals surface area contributed by atoms with Crippen LogP contribution in [0.25, 0.3) is 0 Å². The molecule has 2 bridgehead atoms. The quantitative estimate of drug-likeness (QED) is 0.830. The van der Waals surface area contributed by atoms with Crippen LogP contribution in [-0.2, 0) is 0 Å². The topological polar surface area (TPSA) is 20.2 Å². The molecule has 5 rings (SSSR count). The average Bonchev–Trinajstić information content (AvgIpc) is 2.63. The second-order valence-electron chi connectivity index (χ2n) is 8.05. The molecular weight excluding hydrogens is 311 g/mol. The van der Waals surface area contributed by atoms with Gasteiger partial charge in [-0.2, -0.15) is 0 Å². The van der Waals surface area contributed by atoms with E-state index in [0.717, 1.165) is 5.92 Å². The second kappa shape index (κ2) is 6.28. The molecular formula is C22H27OP. The lowest BCUT2D eigenvalue weighted by Gasteiger charge is -2.63. The molecule has 0 amide bonds. The van der Waals surface area contributed by atoms with Crippen molar-refractivity contribution in [3.63, 3.8) is 0 Å². The first-order chi connectivity index (χ1) is 11.6. The fourth-order valence-electron chi connectivity index (χ4n) is 5.17. The lowest BCUT2D eigenvalue weighted by molar-refractivity contribution is -0.113. The van der Waals surface area contributed by atoms with Crippen molar-refractivity contribution in [2.45, 2.75) is 32.3 Å². The molecule has 126 valence electrons. The van der Waals surface area contributed by atoms with Gasteiger partial charge in [-0.3, -0.25) is 0 Å². The molecule has 2 aromatic rings. The number of hydrogen-bond acceptors (Lipinski definition) is 1. The van der Waals surface area contributed by atoms with Crippen molar-refractivity contribution in [3.05, 3.63) is 60.7 Å². The van der Waals surface area contributed by atoms with Gasteiger partial charge in [-0.15, -0.1) is 0 Å². The Kier molecular flexibility index (Phi) is 4.27. The van der Waals surface area contributed by atoms with E-state index in [2.05, 4.69) is 74.5 Å². The maximum Gasteiger partial charge on any atom is 0.0468 e. The van der Waals surface area contributed by atoms with E-state index in [-0.39, 0.29) is 0 Å². The van der Waals surface area contributed by atoms with Gasteiger partial charge < -0.3 is 5.11 Å². The summed E-state index contributed by atoms with van der Waals surface area (Å²) in [7, 11) is -0.412. The van der Waals surface area contributed by atoms with Crippen molar-refractivity contribution in [2.24, 2.45) is 23.2 Å². The minimum atomic E-state index is -0.412. The molecule has 2 aromatic carbocycles. The van der Waals surface area contributed by atoms with Crippen LogP contribution < -0.4 is 10.6 Å². The van der Waals surface area contributed by atoms with Crippen LogP contribution >= 0.6 is 7.92 Å².